The molecule has 0 amide bonds. The average molecular weight is 216 g/mol. The van der Waals surface area contributed by atoms with E-state index >= 15 is 0 Å². The van der Waals surface area contributed by atoms with Gasteiger partial charge in [-0.1, -0.05) is 6.07 Å². The van der Waals surface area contributed by atoms with Gasteiger partial charge in [-0.3, -0.25) is 4.98 Å². The number of aromatic nitrogens is 1. The number of rotatable bonds is 4. The van der Waals surface area contributed by atoms with Crippen LogP contribution in [0.15, 0.2) is 18.3 Å². The topological polar surface area (TPSA) is 24.9 Å². The van der Waals surface area contributed by atoms with Crippen LogP contribution in [0.2, 0.25) is 0 Å². The zero-order valence-electron chi connectivity index (χ0n) is 9.78. The molecular formula is C14H20N2. The number of nitrogens with zero attached hydrogens (tertiary/aromatic N) is 1. The molecule has 0 saturated heterocycles. The van der Waals surface area contributed by atoms with Crippen LogP contribution in [-0.2, 0) is 6.42 Å². The monoisotopic (exact) mass is 216 g/mol. The third kappa shape index (κ3) is 2.27. The minimum Gasteiger partial charge on any atom is -0.314 e. The van der Waals surface area contributed by atoms with Gasteiger partial charge in [0, 0.05) is 23.9 Å². The summed E-state index contributed by atoms with van der Waals surface area (Å²) in [4.78, 5) is 4.59. The van der Waals surface area contributed by atoms with Crippen molar-refractivity contribution in [1.82, 2.24) is 10.3 Å². The van der Waals surface area contributed by atoms with Crippen molar-refractivity contribution in [2.45, 2.75) is 50.5 Å². The van der Waals surface area contributed by atoms with Crippen molar-refractivity contribution in [3.05, 3.63) is 29.6 Å². The second kappa shape index (κ2) is 4.54. The van der Waals surface area contributed by atoms with E-state index in [4.69, 9.17) is 0 Å². The molecule has 2 heteroatoms. The highest BCUT2D eigenvalue weighted by atomic mass is 14.9. The molecule has 16 heavy (non-hydrogen) atoms. The van der Waals surface area contributed by atoms with E-state index in [0.717, 1.165) is 6.04 Å². The molecule has 0 aromatic carbocycles. The molecule has 0 radical (unpaired) electrons. The fraction of sp³-hybridized carbons (Fsp3) is 0.643. The van der Waals surface area contributed by atoms with Crippen LogP contribution in [0.3, 0.4) is 0 Å². The second-order valence-corrected chi connectivity index (χ2v) is 5.15. The molecule has 2 aliphatic carbocycles. The normalized spacial score (nSPS) is 24.1. The van der Waals surface area contributed by atoms with Crippen molar-refractivity contribution in [2.75, 3.05) is 6.54 Å². The van der Waals surface area contributed by atoms with Gasteiger partial charge < -0.3 is 5.32 Å². The number of nitrogens with one attached hydrogen (secondary N) is 1. The van der Waals surface area contributed by atoms with Gasteiger partial charge in [-0.15, -0.1) is 0 Å². The van der Waals surface area contributed by atoms with Gasteiger partial charge in [0.15, 0.2) is 0 Å². The zero-order valence-corrected chi connectivity index (χ0v) is 9.78. The quantitative estimate of drug-likeness (QED) is 0.837. The van der Waals surface area contributed by atoms with Crippen molar-refractivity contribution in [1.29, 1.82) is 0 Å². The van der Waals surface area contributed by atoms with E-state index in [1.54, 1.807) is 0 Å². The van der Waals surface area contributed by atoms with Crippen molar-refractivity contribution in [3.8, 4) is 0 Å². The van der Waals surface area contributed by atoms with Gasteiger partial charge in [-0.25, -0.2) is 0 Å². The predicted molar refractivity (Wildman–Crippen MR) is 65.6 cm³/mol. The van der Waals surface area contributed by atoms with Crippen LogP contribution < -0.4 is 5.32 Å². The van der Waals surface area contributed by atoms with E-state index in [-0.39, 0.29) is 0 Å². The fourth-order valence-corrected chi connectivity index (χ4v) is 2.74. The predicted octanol–water partition coefficient (Wildman–Crippen LogP) is 2.64. The standard InChI is InChI=1S/C14H20N2/c1-3-11-5-2-9-16-14(11)12(4-1)8-10-15-13-6-7-13/h2,5,9,12-13,15H,1,3-4,6-8,10H2. The first kappa shape index (κ1) is 10.3. The largest absolute Gasteiger partial charge is 0.314 e. The summed E-state index contributed by atoms with van der Waals surface area (Å²) < 4.78 is 0. The molecule has 1 unspecified atom stereocenters. The minimum absolute atomic E-state index is 0.705. The summed E-state index contributed by atoms with van der Waals surface area (Å²) in [6.45, 7) is 1.17. The van der Waals surface area contributed by atoms with Crippen molar-refractivity contribution in [2.24, 2.45) is 0 Å². The number of fused-ring (bicyclic) bond motifs is 1. The molecule has 2 aliphatic rings. The second-order valence-electron chi connectivity index (χ2n) is 5.15. The van der Waals surface area contributed by atoms with Crippen LogP contribution in [0, 0.1) is 0 Å². The zero-order chi connectivity index (χ0) is 10.8. The van der Waals surface area contributed by atoms with Gasteiger partial charge in [0.25, 0.3) is 0 Å². The molecule has 0 aliphatic heterocycles. The highest BCUT2D eigenvalue weighted by Gasteiger charge is 2.23. The van der Waals surface area contributed by atoms with Crippen LogP contribution in [0.1, 0.15) is 49.3 Å². The molecule has 1 aromatic rings. The maximum atomic E-state index is 4.59. The lowest BCUT2D eigenvalue weighted by Gasteiger charge is -2.24. The summed E-state index contributed by atoms with van der Waals surface area (Å²) >= 11 is 0. The van der Waals surface area contributed by atoms with Gasteiger partial charge in [0.1, 0.15) is 0 Å². The first-order valence-corrected chi connectivity index (χ1v) is 6.60. The Morgan fingerprint density at radius 2 is 2.25 bits per heavy atom. The third-order valence-electron chi connectivity index (χ3n) is 3.81. The summed E-state index contributed by atoms with van der Waals surface area (Å²) in [5.41, 5.74) is 2.87. The molecule has 0 bridgehead atoms. The van der Waals surface area contributed by atoms with Gasteiger partial charge in [0.05, 0.1) is 0 Å². The Morgan fingerprint density at radius 3 is 3.12 bits per heavy atom. The number of pyridine rings is 1. The molecule has 2 nitrogen and oxygen atoms in total. The lowest BCUT2D eigenvalue weighted by Crippen LogP contribution is -2.21. The molecular weight excluding hydrogens is 196 g/mol. The molecule has 1 heterocycles. The molecule has 1 fully saturated rings. The Hall–Kier alpha value is -0.890. The lowest BCUT2D eigenvalue weighted by molar-refractivity contribution is 0.486. The van der Waals surface area contributed by atoms with Crippen LogP contribution >= 0.6 is 0 Å². The fourth-order valence-electron chi connectivity index (χ4n) is 2.74. The van der Waals surface area contributed by atoms with E-state index in [9.17, 15) is 0 Å². The summed E-state index contributed by atoms with van der Waals surface area (Å²) in [6.07, 6.45) is 9.89. The van der Waals surface area contributed by atoms with E-state index in [1.807, 2.05) is 6.20 Å². The summed E-state index contributed by atoms with van der Waals surface area (Å²) in [5.74, 6) is 0.705. The summed E-state index contributed by atoms with van der Waals surface area (Å²) in [5, 5.41) is 3.61. The first-order valence-electron chi connectivity index (χ1n) is 6.60. The Labute approximate surface area is 97.5 Å². The first-order chi connectivity index (χ1) is 7.93. The van der Waals surface area contributed by atoms with E-state index in [2.05, 4.69) is 22.4 Å². The SMILES string of the molecule is c1cnc2c(c1)CCCC2CCNC1CC1. The molecule has 1 saturated carbocycles. The van der Waals surface area contributed by atoms with E-state index in [0.29, 0.717) is 5.92 Å². The average Bonchev–Trinajstić information content (AvgIpc) is 3.13. The molecule has 86 valence electrons. The lowest BCUT2D eigenvalue weighted by atomic mass is 9.85. The molecule has 1 aromatic heterocycles. The smallest absolute Gasteiger partial charge is 0.0466 e. The highest BCUT2D eigenvalue weighted by Crippen LogP contribution is 2.32. The Kier molecular flexibility index (Phi) is 2.92. The molecule has 3 rings (SSSR count). The number of hydrogen-bond acceptors (Lipinski definition) is 2. The van der Waals surface area contributed by atoms with Gasteiger partial charge >= 0.3 is 0 Å². The van der Waals surface area contributed by atoms with Gasteiger partial charge in [0.2, 0.25) is 0 Å². The third-order valence-corrected chi connectivity index (χ3v) is 3.81. The Balaban J connectivity index is 1.62. The van der Waals surface area contributed by atoms with Gasteiger partial charge in [-0.05, 0) is 56.7 Å². The van der Waals surface area contributed by atoms with E-state index < -0.39 is 0 Å². The number of hydrogen-bond donors (Lipinski definition) is 1. The van der Waals surface area contributed by atoms with Crippen LogP contribution in [-0.4, -0.2) is 17.6 Å². The van der Waals surface area contributed by atoms with Crippen molar-refractivity contribution >= 4 is 0 Å². The Morgan fingerprint density at radius 1 is 1.31 bits per heavy atom. The van der Waals surface area contributed by atoms with Crippen LogP contribution in [0.5, 0.6) is 0 Å². The maximum Gasteiger partial charge on any atom is 0.0466 e. The summed E-state index contributed by atoms with van der Waals surface area (Å²) in [7, 11) is 0. The van der Waals surface area contributed by atoms with E-state index in [1.165, 1.54) is 56.3 Å². The van der Waals surface area contributed by atoms with Crippen LogP contribution in [0.4, 0.5) is 0 Å². The highest BCUT2D eigenvalue weighted by molar-refractivity contribution is 5.25. The van der Waals surface area contributed by atoms with Crippen LogP contribution in [0.25, 0.3) is 0 Å². The molecule has 0 spiro atoms. The molecule has 1 atom stereocenters. The molecule has 1 N–H and O–H groups in total. The van der Waals surface area contributed by atoms with Gasteiger partial charge in [-0.2, -0.15) is 0 Å². The Bertz CT molecular complexity index is 358. The van der Waals surface area contributed by atoms with Crippen molar-refractivity contribution < 1.29 is 0 Å². The maximum absolute atomic E-state index is 4.59. The minimum atomic E-state index is 0.705. The number of aryl methyl sites for hydroxylation is 1. The summed E-state index contributed by atoms with van der Waals surface area (Å²) in [6, 6.07) is 5.17. The van der Waals surface area contributed by atoms with Crippen molar-refractivity contribution in [3.63, 3.8) is 0 Å².